The monoisotopic (exact) mass is 572 g/mol. The van der Waals surface area contributed by atoms with Gasteiger partial charge in [0.2, 0.25) is 11.8 Å². The number of amides is 3. The lowest BCUT2D eigenvalue weighted by molar-refractivity contribution is -0.131. The lowest BCUT2D eigenvalue weighted by Crippen LogP contribution is -2.35. The quantitative estimate of drug-likeness (QED) is 0.146. The standard InChI is InChI=1S/C31H29FN4O6/c1-2-40-17-18-41-30(39)36-23-9-12-26-25(19-23)27(13-16-33-26)42-24-10-7-22(8-11-24)35-29(38)31(14-15-31)28(37)34-21-5-3-20(32)4-6-21/h3-13,16,19H,2,14-15,17-18H2,1H3,(H,34,37)(H,35,38)(H,36,39). The van der Waals surface area contributed by atoms with E-state index in [4.69, 9.17) is 14.2 Å². The molecule has 5 rings (SSSR count). The smallest absolute Gasteiger partial charge is 0.411 e. The first-order chi connectivity index (χ1) is 20.4. The Kier molecular flexibility index (Phi) is 8.58. The second-order valence-corrected chi connectivity index (χ2v) is 9.62. The predicted molar refractivity (Wildman–Crippen MR) is 155 cm³/mol. The van der Waals surface area contributed by atoms with Gasteiger partial charge in [0.05, 0.1) is 12.1 Å². The average Bonchev–Trinajstić information content (AvgIpc) is 3.80. The molecule has 1 aromatic heterocycles. The summed E-state index contributed by atoms with van der Waals surface area (Å²) >= 11 is 0. The highest BCUT2D eigenvalue weighted by Crippen LogP contribution is 2.47. The van der Waals surface area contributed by atoms with Crippen molar-refractivity contribution in [3.05, 3.63) is 84.8 Å². The molecule has 11 heteroatoms. The second kappa shape index (κ2) is 12.6. The maximum Gasteiger partial charge on any atom is 0.411 e. The van der Waals surface area contributed by atoms with Crippen LogP contribution < -0.4 is 20.7 Å². The number of aromatic nitrogens is 1. The van der Waals surface area contributed by atoms with Gasteiger partial charge in [0.25, 0.3) is 0 Å². The van der Waals surface area contributed by atoms with E-state index >= 15 is 0 Å². The summed E-state index contributed by atoms with van der Waals surface area (Å²) in [6.07, 6.45) is 1.86. The van der Waals surface area contributed by atoms with E-state index in [2.05, 4.69) is 20.9 Å². The van der Waals surface area contributed by atoms with E-state index in [0.29, 0.717) is 65.5 Å². The Morgan fingerprint density at radius 3 is 2.12 bits per heavy atom. The zero-order valence-electron chi connectivity index (χ0n) is 22.8. The number of ether oxygens (including phenoxy) is 3. The van der Waals surface area contributed by atoms with Crippen LogP contribution in [0, 0.1) is 11.2 Å². The molecule has 0 saturated heterocycles. The van der Waals surface area contributed by atoms with Gasteiger partial charge in [-0.25, -0.2) is 9.18 Å². The summed E-state index contributed by atoms with van der Waals surface area (Å²) in [5.74, 6) is -0.232. The second-order valence-electron chi connectivity index (χ2n) is 9.62. The molecule has 1 aliphatic carbocycles. The zero-order valence-corrected chi connectivity index (χ0v) is 22.8. The lowest BCUT2D eigenvalue weighted by atomic mass is 10.0. The number of fused-ring (bicyclic) bond motifs is 1. The number of anilines is 3. The lowest BCUT2D eigenvalue weighted by Gasteiger charge is -2.16. The minimum atomic E-state index is -1.17. The normalized spacial score (nSPS) is 13.2. The van der Waals surface area contributed by atoms with Crippen LogP contribution in [0.3, 0.4) is 0 Å². The van der Waals surface area contributed by atoms with Crippen LogP contribution in [0.2, 0.25) is 0 Å². The Morgan fingerprint density at radius 2 is 1.48 bits per heavy atom. The number of nitrogens with zero attached hydrogens (tertiary/aromatic N) is 1. The summed E-state index contributed by atoms with van der Waals surface area (Å²) < 4.78 is 29.5. The molecule has 0 aliphatic heterocycles. The number of carbonyl (C=O) groups excluding carboxylic acids is 3. The summed E-state index contributed by atoms with van der Waals surface area (Å²) in [6, 6.07) is 19.0. The van der Waals surface area contributed by atoms with Crippen molar-refractivity contribution in [3.63, 3.8) is 0 Å². The Balaban J connectivity index is 1.21. The number of carbonyl (C=O) groups is 3. The number of nitrogens with one attached hydrogen (secondary N) is 3. The Labute approximate surface area is 241 Å². The van der Waals surface area contributed by atoms with E-state index < -0.39 is 29.1 Å². The molecule has 0 spiro atoms. The van der Waals surface area contributed by atoms with Gasteiger partial charge in [-0.15, -0.1) is 0 Å². The van der Waals surface area contributed by atoms with Crippen LogP contribution in [0.1, 0.15) is 19.8 Å². The fourth-order valence-electron chi connectivity index (χ4n) is 4.23. The van der Waals surface area contributed by atoms with Gasteiger partial charge in [0, 0.05) is 35.3 Å². The van der Waals surface area contributed by atoms with Gasteiger partial charge in [0.15, 0.2) is 0 Å². The molecular formula is C31H29FN4O6. The van der Waals surface area contributed by atoms with Gasteiger partial charge in [-0.05, 0) is 92.6 Å². The minimum Gasteiger partial charge on any atom is -0.457 e. The molecule has 0 atom stereocenters. The van der Waals surface area contributed by atoms with Crippen LogP contribution in [0.4, 0.5) is 26.2 Å². The topological polar surface area (TPSA) is 128 Å². The van der Waals surface area contributed by atoms with Crippen molar-refractivity contribution in [2.75, 3.05) is 35.8 Å². The number of hydrogen-bond acceptors (Lipinski definition) is 7. The van der Waals surface area contributed by atoms with E-state index in [-0.39, 0.29) is 6.61 Å². The fraction of sp³-hybridized carbons (Fsp3) is 0.226. The summed E-state index contributed by atoms with van der Waals surface area (Å²) in [7, 11) is 0. The summed E-state index contributed by atoms with van der Waals surface area (Å²) in [5.41, 5.74) is 0.937. The highest BCUT2D eigenvalue weighted by molar-refractivity contribution is 6.16. The van der Waals surface area contributed by atoms with Crippen LogP contribution in [0.25, 0.3) is 10.9 Å². The SMILES string of the molecule is CCOCCOC(=O)Nc1ccc2nccc(Oc3ccc(NC(=O)C4(C(=O)Nc5ccc(F)cc5)CC4)cc3)c2c1. The zero-order chi connectivity index (χ0) is 29.5. The predicted octanol–water partition coefficient (Wildman–Crippen LogP) is 6.11. The van der Waals surface area contributed by atoms with Crippen molar-refractivity contribution in [2.45, 2.75) is 19.8 Å². The molecule has 4 aromatic rings. The molecule has 1 saturated carbocycles. The van der Waals surface area contributed by atoms with Gasteiger partial charge in [-0.1, -0.05) is 0 Å². The molecule has 1 fully saturated rings. The van der Waals surface area contributed by atoms with Crippen LogP contribution in [0.15, 0.2) is 79.0 Å². The Hall–Kier alpha value is -5.03. The largest absolute Gasteiger partial charge is 0.457 e. The van der Waals surface area contributed by atoms with E-state index in [1.165, 1.54) is 24.3 Å². The molecule has 0 bridgehead atoms. The van der Waals surface area contributed by atoms with Crippen molar-refractivity contribution in [3.8, 4) is 11.5 Å². The van der Waals surface area contributed by atoms with Gasteiger partial charge in [-0.2, -0.15) is 0 Å². The first-order valence-electron chi connectivity index (χ1n) is 13.4. The molecule has 3 N–H and O–H groups in total. The van der Waals surface area contributed by atoms with E-state index in [0.717, 1.165) is 0 Å². The molecular weight excluding hydrogens is 543 g/mol. The first-order valence-corrected chi connectivity index (χ1v) is 13.4. The third-order valence-electron chi connectivity index (χ3n) is 6.67. The number of benzene rings is 3. The average molecular weight is 573 g/mol. The highest BCUT2D eigenvalue weighted by atomic mass is 19.1. The van der Waals surface area contributed by atoms with Gasteiger partial charge < -0.3 is 24.8 Å². The third kappa shape index (κ3) is 6.81. The fourth-order valence-corrected chi connectivity index (χ4v) is 4.23. The van der Waals surface area contributed by atoms with Crippen molar-refractivity contribution in [1.82, 2.24) is 4.98 Å². The molecule has 1 aliphatic rings. The maximum absolute atomic E-state index is 13.2. The summed E-state index contributed by atoms with van der Waals surface area (Å²) in [6.45, 7) is 2.87. The van der Waals surface area contributed by atoms with Crippen LogP contribution >= 0.6 is 0 Å². The van der Waals surface area contributed by atoms with Crippen molar-refractivity contribution in [1.29, 1.82) is 0 Å². The Bertz CT molecular complexity index is 1590. The number of hydrogen-bond donors (Lipinski definition) is 3. The van der Waals surface area contributed by atoms with E-state index in [1.807, 2.05) is 6.92 Å². The first kappa shape index (κ1) is 28.5. The summed E-state index contributed by atoms with van der Waals surface area (Å²) in [5, 5.41) is 8.85. The minimum absolute atomic E-state index is 0.143. The van der Waals surface area contributed by atoms with E-state index in [1.54, 1.807) is 54.7 Å². The van der Waals surface area contributed by atoms with Crippen LogP contribution in [-0.4, -0.2) is 42.7 Å². The molecule has 0 unspecified atom stereocenters. The van der Waals surface area contributed by atoms with Crippen molar-refractivity contribution in [2.24, 2.45) is 5.41 Å². The molecule has 3 aromatic carbocycles. The van der Waals surface area contributed by atoms with Crippen molar-refractivity contribution < 1.29 is 33.0 Å². The molecule has 1 heterocycles. The summed E-state index contributed by atoms with van der Waals surface area (Å²) in [4.78, 5) is 42.2. The highest BCUT2D eigenvalue weighted by Gasteiger charge is 2.56. The molecule has 3 amide bonds. The van der Waals surface area contributed by atoms with Gasteiger partial charge in [-0.3, -0.25) is 19.9 Å². The number of halogens is 1. The molecule has 0 radical (unpaired) electrons. The number of rotatable bonds is 11. The number of pyridine rings is 1. The maximum atomic E-state index is 13.2. The molecule has 42 heavy (non-hydrogen) atoms. The van der Waals surface area contributed by atoms with Crippen LogP contribution in [-0.2, 0) is 19.1 Å². The van der Waals surface area contributed by atoms with Crippen LogP contribution in [0.5, 0.6) is 11.5 Å². The van der Waals surface area contributed by atoms with Crippen molar-refractivity contribution >= 4 is 45.9 Å². The van der Waals surface area contributed by atoms with Gasteiger partial charge >= 0.3 is 6.09 Å². The third-order valence-corrected chi connectivity index (χ3v) is 6.67. The van der Waals surface area contributed by atoms with Gasteiger partial charge in [0.1, 0.15) is 29.3 Å². The molecule has 10 nitrogen and oxygen atoms in total. The Morgan fingerprint density at radius 1 is 0.833 bits per heavy atom. The van der Waals surface area contributed by atoms with E-state index in [9.17, 15) is 18.8 Å². The molecule has 216 valence electrons.